The number of thiocarbonyl (C=S) groups is 1. The molecule has 1 fully saturated rings. The molecule has 0 unspecified atom stereocenters. The Kier molecular flexibility index (Phi) is 3.75. The van der Waals surface area contributed by atoms with Crippen molar-refractivity contribution in [3.8, 4) is 0 Å². The largest absolute Gasteiger partial charge is 0.366 e. The summed E-state index contributed by atoms with van der Waals surface area (Å²) in [5.74, 6) is 0. The van der Waals surface area contributed by atoms with Crippen LogP contribution in [0.3, 0.4) is 0 Å². The average molecular weight is 187 g/mol. The third kappa shape index (κ3) is 2.32. The van der Waals surface area contributed by atoms with Crippen LogP contribution in [0.5, 0.6) is 0 Å². The predicted octanol–water partition coefficient (Wildman–Crippen LogP) is 0.174. The van der Waals surface area contributed by atoms with E-state index in [2.05, 4.69) is 15.5 Å². The van der Waals surface area contributed by atoms with Gasteiger partial charge in [0.05, 0.1) is 0 Å². The number of nitrogens with zero attached hydrogens (tertiary/aromatic N) is 1. The van der Waals surface area contributed by atoms with Gasteiger partial charge >= 0.3 is 0 Å². The van der Waals surface area contributed by atoms with Crippen LogP contribution < -0.4 is 10.6 Å². The molecule has 1 saturated heterocycles. The van der Waals surface area contributed by atoms with Gasteiger partial charge in [0.15, 0.2) is 5.11 Å². The molecule has 0 saturated carbocycles. The van der Waals surface area contributed by atoms with Crippen molar-refractivity contribution >= 4 is 17.3 Å². The van der Waals surface area contributed by atoms with E-state index in [1.165, 1.54) is 12.8 Å². The van der Waals surface area contributed by atoms with Crippen LogP contribution in [0, 0.1) is 0 Å². The zero-order chi connectivity index (χ0) is 8.97. The SMILES string of the molecule is CNC(=S)N1CCC(NC)CC1. The molecule has 4 heteroatoms. The normalized spacial score (nSPS) is 19.3. The molecule has 0 bridgehead atoms. The highest BCUT2D eigenvalue weighted by atomic mass is 32.1. The van der Waals surface area contributed by atoms with Crippen LogP contribution in [-0.2, 0) is 0 Å². The molecule has 2 N–H and O–H groups in total. The van der Waals surface area contributed by atoms with Gasteiger partial charge in [-0.25, -0.2) is 0 Å². The van der Waals surface area contributed by atoms with Gasteiger partial charge in [0.2, 0.25) is 0 Å². The quantitative estimate of drug-likeness (QED) is 0.573. The van der Waals surface area contributed by atoms with Gasteiger partial charge < -0.3 is 15.5 Å². The van der Waals surface area contributed by atoms with Crippen molar-refractivity contribution in [3.05, 3.63) is 0 Å². The van der Waals surface area contributed by atoms with Gasteiger partial charge in [-0.3, -0.25) is 0 Å². The van der Waals surface area contributed by atoms with Gasteiger partial charge in [0, 0.05) is 26.2 Å². The highest BCUT2D eigenvalue weighted by Crippen LogP contribution is 2.09. The van der Waals surface area contributed by atoms with Crippen LogP contribution in [0.2, 0.25) is 0 Å². The van der Waals surface area contributed by atoms with E-state index in [0.29, 0.717) is 6.04 Å². The number of hydrogen-bond donors (Lipinski definition) is 2. The molecule has 0 amide bonds. The summed E-state index contributed by atoms with van der Waals surface area (Å²) in [5.41, 5.74) is 0. The van der Waals surface area contributed by atoms with Crippen molar-refractivity contribution in [2.24, 2.45) is 0 Å². The van der Waals surface area contributed by atoms with Crippen LogP contribution >= 0.6 is 12.2 Å². The number of rotatable bonds is 1. The summed E-state index contributed by atoms with van der Waals surface area (Å²) < 4.78 is 0. The Morgan fingerprint density at radius 3 is 2.33 bits per heavy atom. The lowest BCUT2D eigenvalue weighted by Crippen LogP contribution is -2.46. The zero-order valence-electron chi connectivity index (χ0n) is 7.76. The minimum atomic E-state index is 0.681. The van der Waals surface area contributed by atoms with E-state index in [0.717, 1.165) is 18.2 Å². The molecular weight excluding hydrogens is 170 g/mol. The van der Waals surface area contributed by atoms with Gasteiger partial charge in [-0.1, -0.05) is 0 Å². The Morgan fingerprint density at radius 1 is 1.33 bits per heavy atom. The zero-order valence-corrected chi connectivity index (χ0v) is 8.58. The van der Waals surface area contributed by atoms with Gasteiger partial charge in [0.25, 0.3) is 0 Å². The fourth-order valence-electron chi connectivity index (χ4n) is 1.53. The second-order valence-corrected chi connectivity index (χ2v) is 3.49. The first kappa shape index (κ1) is 9.74. The fourth-order valence-corrected chi connectivity index (χ4v) is 1.71. The number of piperidine rings is 1. The van der Waals surface area contributed by atoms with Gasteiger partial charge in [-0.2, -0.15) is 0 Å². The van der Waals surface area contributed by atoms with Crippen LogP contribution in [0.4, 0.5) is 0 Å². The lowest BCUT2D eigenvalue weighted by molar-refractivity contribution is 0.290. The molecular formula is C8H17N3S. The molecule has 0 radical (unpaired) electrons. The van der Waals surface area contributed by atoms with E-state index in [1.54, 1.807) is 0 Å². The highest BCUT2D eigenvalue weighted by molar-refractivity contribution is 7.80. The molecule has 70 valence electrons. The fraction of sp³-hybridized carbons (Fsp3) is 0.875. The van der Waals surface area contributed by atoms with Crippen LogP contribution in [-0.4, -0.2) is 43.2 Å². The third-order valence-electron chi connectivity index (χ3n) is 2.40. The minimum Gasteiger partial charge on any atom is -0.366 e. The maximum atomic E-state index is 5.14. The van der Waals surface area contributed by atoms with E-state index >= 15 is 0 Å². The molecule has 0 aromatic carbocycles. The van der Waals surface area contributed by atoms with Crippen molar-refractivity contribution in [2.45, 2.75) is 18.9 Å². The second-order valence-electron chi connectivity index (χ2n) is 3.11. The molecule has 1 aliphatic rings. The molecule has 0 aliphatic carbocycles. The van der Waals surface area contributed by atoms with E-state index in [9.17, 15) is 0 Å². The first-order valence-electron chi connectivity index (χ1n) is 4.42. The predicted molar refractivity (Wildman–Crippen MR) is 55.3 cm³/mol. The Morgan fingerprint density at radius 2 is 1.92 bits per heavy atom. The molecule has 1 aliphatic heterocycles. The smallest absolute Gasteiger partial charge is 0.168 e. The third-order valence-corrected chi connectivity index (χ3v) is 2.87. The summed E-state index contributed by atoms with van der Waals surface area (Å²) in [6, 6.07) is 0.681. The molecule has 1 heterocycles. The molecule has 1 rings (SSSR count). The van der Waals surface area contributed by atoms with E-state index < -0.39 is 0 Å². The maximum Gasteiger partial charge on any atom is 0.168 e. The molecule has 12 heavy (non-hydrogen) atoms. The molecule has 0 spiro atoms. The maximum absolute atomic E-state index is 5.14. The molecule has 0 aromatic heterocycles. The summed E-state index contributed by atoms with van der Waals surface area (Å²) in [6.45, 7) is 2.15. The molecule has 0 aromatic rings. The van der Waals surface area contributed by atoms with Crippen LogP contribution in [0.1, 0.15) is 12.8 Å². The van der Waals surface area contributed by atoms with Crippen molar-refractivity contribution in [3.63, 3.8) is 0 Å². The second kappa shape index (κ2) is 4.62. The van der Waals surface area contributed by atoms with Crippen LogP contribution in [0.25, 0.3) is 0 Å². The van der Waals surface area contributed by atoms with E-state index in [1.807, 2.05) is 14.1 Å². The van der Waals surface area contributed by atoms with Gasteiger partial charge in [-0.05, 0) is 32.1 Å². The lowest BCUT2D eigenvalue weighted by Gasteiger charge is -2.33. The Hall–Kier alpha value is -0.350. The minimum absolute atomic E-state index is 0.681. The van der Waals surface area contributed by atoms with Crippen LogP contribution in [0.15, 0.2) is 0 Å². The van der Waals surface area contributed by atoms with Crippen molar-refractivity contribution in [2.75, 3.05) is 27.2 Å². The summed E-state index contributed by atoms with van der Waals surface area (Å²) in [6.07, 6.45) is 2.39. The number of hydrogen-bond acceptors (Lipinski definition) is 2. The monoisotopic (exact) mass is 187 g/mol. The average Bonchev–Trinajstić information content (AvgIpc) is 2.17. The molecule has 0 atom stereocenters. The van der Waals surface area contributed by atoms with Crippen molar-refractivity contribution in [1.82, 2.24) is 15.5 Å². The Bertz CT molecular complexity index is 152. The van der Waals surface area contributed by atoms with E-state index in [-0.39, 0.29) is 0 Å². The summed E-state index contributed by atoms with van der Waals surface area (Å²) in [5, 5.41) is 7.17. The molecule has 3 nitrogen and oxygen atoms in total. The topological polar surface area (TPSA) is 27.3 Å². The van der Waals surface area contributed by atoms with Gasteiger partial charge in [-0.15, -0.1) is 0 Å². The number of likely N-dealkylation sites (tertiary alicyclic amines) is 1. The highest BCUT2D eigenvalue weighted by Gasteiger charge is 2.18. The summed E-state index contributed by atoms with van der Waals surface area (Å²) >= 11 is 5.14. The standard InChI is InChI=1S/C8H17N3S/c1-9-7-3-5-11(6-4-7)8(12)10-2/h7,9H,3-6H2,1-2H3,(H,10,12). The Labute approximate surface area is 79.5 Å². The first-order valence-corrected chi connectivity index (χ1v) is 4.82. The van der Waals surface area contributed by atoms with Crippen molar-refractivity contribution < 1.29 is 0 Å². The van der Waals surface area contributed by atoms with Crippen molar-refractivity contribution in [1.29, 1.82) is 0 Å². The lowest BCUT2D eigenvalue weighted by atomic mass is 10.1. The first-order chi connectivity index (χ1) is 5.77. The Balaban J connectivity index is 2.30. The van der Waals surface area contributed by atoms with E-state index in [4.69, 9.17) is 12.2 Å². The summed E-state index contributed by atoms with van der Waals surface area (Å²) in [7, 11) is 3.91. The summed E-state index contributed by atoms with van der Waals surface area (Å²) in [4.78, 5) is 2.23. The number of nitrogens with one attached hydrogen (secondary N) is 2. The van der Waals surface area contributed by atoms with Gasteiger partial charge in [0.1, 0.15) is 0 Å².